The van der Waals surface area contributed by atoms with Gasteiger partial charge in [0.1, 0.15) is 16.9 Å². The Bertz CT molecular complexity index is 1920. The smallest absolute Gasteiger partial charge is 0.318 e. The monoisotopic (exact) mass is 642 g/mol. The summed E-state index contributed by atoms with van der Waals surface area (Å²) < 4.78 is 36.2. The lowest BCUT2D eigenvalue weighted by atomic mass is 9.75. The van der Waals surface area contributed by atoms with E-state index < -0.39 is 11.6 Å². The van der Waals surface area contributed by atoms with Crippen molar-refractivity contribution in [3.63, 3.8) is 0 Å². The quantitative estimate of drug-likeness (QED) is 0.188. The van der Waals surface area contributed by atoms with E-state index in [0.717, 1.165) is 61.5 Å². The summed E-state index contributed by atoms with van der Waals surface area (Å²) in [6.45, 7) is 8.22. The Kier molecular flexibility index (Phi) is 7.01. The second-order valence-electron chi connectivity index (χ2n) is 14.0. The molecule has 3 aliphatic carbocycles. The van der Waals surface area contributed by atoms with Crippen molar-refractivity contribution in [3.05, 3.63) is 35.5 Å². The largest absolute Gasteiger partial charge is 0.463 e. The number of nitrogens with one attached hydrogen (secondary N) is 1. The first kappa shape index (κ1) is 29.6. The Hall–Kier alpha value is -3.79. The van der Waals surface area contributed by atoms with Gasteiger partial charge in [-0.3, -0.25) is 9.98 Å². The van der Waals surface area contributed by atoms with Gasteiger partial charge in [0.25, 0.3) is 0 Å². The molecular weight excluding hydrogens is 606 g/mol. The number of hydrogen-bond donors (Lipinski definition) is 1. The number of rotatable bonds is 11. The fourth-order valence-electron chi connectivity index (χ4n) is 7.43. The van der Waals surface area contributed by atoms with Gasteiger partial charge in [-0.2, -0.15) is 15.2 Å². The summed E-state index contributed by atoms with van der Waals surface area (Å²) in [4.78, 5) is 23.1. The maximum Gasteiger partial charge on any atom is 0.318 e. The molecular formula is C34H36F2N8OS. The Morgan fingerprint density at radius 1 is 1.20 bits per heavy atom. The number of aromatic nitrogens is 3. The van der Waals surface area contributed by atoms with Gasteiger partial charge in [-0.15, -0.1) is 11.3 Å². The van der Waals surface area contributed by atoms with Crippen LogP contribution in [-0.4, -0.2) is 83.9 Å². The van der Waals surface area contributed by atoms with Gasteiger partial charge >= 0.3 is 6.01 Å². The van der Waals surface area contributed by atoms with Crippen LogP contribution in [0.5, 0.6) is 6.01 Å². The number of aliphatic imine (C=N–C) groups is 1. The van der Waals surface area contributed by atoms with Gasteiger partial charge in [0, 0.05) is 54.3 Å². The van der Waals surface area contributed by atoms with Crippen LogP contribution in [0.3, 0.4) is 0 Å². The number of likely N-dealkylation sites (tertiary alicyclic amines) is 1. The average molecular weight is 643 g/mol. The molecule has 0 spiro atoms. The second-order valence-corrected chi connectivity index (χ2v) is 15.0. The lowest BCUT2D eigenvalue weighted by Crippen LogP contribution is -2.54. The Balaban J connectivity index is 1.16. The molecule has 0 bridgehead atoms. The van der Waals surface area contributed by atoms with Crippen molar-refractivity contribution in [2.75, 3.05) is 52.2 Å². The van der Waals surface area contributed by atoms with Gasteiger partial charge in [0.05, 0.1) is 33.5 Å². The molecule has 4 fully saturated rings. The Morgan fingerprint density at radius 3 is 2.63 bits per heavy atom. The summed E-state index contributed by atoms with van der Waals surface area (Å²) in [5.74, 6) is 0.364. The maximum atomic E-state index is 14.9. The van der Waals surface area contributed by atoms with Crippen molar-refractivity contribution in [2.45, 2.75) is 44.1 Å². The summed E-state index contributed by atoms with van der Waals surface area (Å²) in [7, 11) is 4.21. The van der Waals surface area contributed by atoms with E-state index in [4.69, 9.17) is 14.7 Å². The van der Waals surface area contributed by atoms with Crippen molar-refractivity contribution >= 4 is 49.9 Å². The molecule has 12 heteroatoms. The summed E-state index contributed by atoms with van der Waals surface area (Å²) in [5.41, 5.74) is 1.51. The van der Waals surface area contributed by atoms with Gasteiger partial charge in [0.2, 0.25) is 0 Å². The molecule has 0 amide bonds. The number of thiophene rings is 1. The molecule has 0 radical (unpaired) electrons. The molecule has 4 aromatic rings. The van der Waals surface area contributed by atoms with E-state index >= 15 is 0 Å². The van der Waals surface area contributed by atoms with Crippen LogP contribution in [-0.2, 0) is 0 Å². The van der Waals surface area contributed by atoms with Crippen LogP contribution in [0, 0.1) is 40.2 Å². The normalized spacial score (nSPS) is 22.4. The Morgan fingerprint density at radius 2 is 1.98 bits per heavy atom. The molecule has 1 saturated heterocycles. The van der Waals surface area contributed by atoms with Crippen molar-refractivity contribution in [1.29, 1.82) is 5.26 Å². The number of pyridine rings is 1. The minimum absolute atomic E-state index is 0.00410. The van der Waals surface area contributed by atoms with Crippen molar-refractivity contribution in [3.8, 4) is 23.3 Å². The van der Waals surface area contributed by atoms with Gasteiger partial charge in [-0.1, -0.05) is 0 Å². The van der Waals surface area contributed by atoms with E-state index in [1.54, 1.807) is 12.3 Å². The van der Waals surface area contributed by atoms with E-state index in [2.05, 4.69) is 52.0 Å². The minimum atomic E-state index is -1.03. The third-order valence-electron chi connectivity index (χ3n) is 10.8. The minimum Gasteiger partial charge on any atom is -0.463 e. The van der Waals surface area contributed by atoms with Gasteiger partial charge in [-0.05, 0) is 83.3 Å². The summed E-state index contributed by atoms with van der Waals surface area (Å²) in [6.07, 6.45) is 8.68. The molecule has 1 N–H and O–H groups in total. The zero-order valence-electron chi connectivity index (χ0n) is 26.1. The molecule has 4 aliphatic rings. The molecule has 2 atom stereocenters. The zero-order valence-corrected chi connectivity index (χ0v) is 26.9. The van der Waals surface area contributed by atoms with Crippen LogP contribution in [0.2, 0.25) is 0 Å². The highest BCUT2D eigenvalue weighted by Gasteiger charge is 2.50. The van der Waals surface area contributed by atoms with E-state index in [0.29, 0.717) is 35.6 Å². The van der Waals surface area contributed by atoms with Crippen molar-refractivity contribution in [1.82, 2.24) is 24.8 Å². The van der Waals surface area contributed by atoms with Gasteiger partial charge in [0.15, 0.2) is 11.6 Å². The molecule has 2 unspecified atom stereocenters. The fourth-order valence-corrected chi connectivity index (χ4v) is 8.43. The van der Waals surface area contributed by atoms with Crippen LogP contribution < -0.4 is 10.1 Å². The number of halogens is 2. The number of benzene rings is 1. The number of nitriles is 1. The molecule has 1 aliphatic heterocycles. The lowest BCUT2D eigenvalue weighted by molar-refractivity contribution is 0.0738. The van der Waals surface area contributed by atoms with E-state index in [1.165, 1.54) is 25.9 Å². The first-order valence-corrected chi connectivity index (χ1v) is 16.8. The summed E-state index contributed by atoms with van der Waals surface area (Å²) in [6, 6.07) is 5.19. The number of fused-ring (bicyclic) bond motifs is 3. The standard InChI is InChI=1S/C34H36F2N8OS/c1-38-31-22(12-37)27-21(10-24(35)28(36)29(27)46-31)25-11-26-23(13-39-25)30(40-16-34(43(2)3)5-4-6-34)42-32(41-26)45-18-33(7-8-33)17-44-14-19-9-20(19)15-44/h10-11,13,19-20H,1,4-9,14-18H2,2-3H3,(H,40,41,42). The topological polar surface area (TPSA) is 103 Å². The lowest BCUT2D eigenvalue weighted by Gasteiger charge is -2.47. The highest BCUT2D eigenvalue weighted by molar-refractivity contribution is 7.23. The SMILES string of the molecule is C=Nc1sc2c(F)c(F)cc(-c3cc4nc(OCC5(CN6CC7CC7C6)CC5)nc(NCC5(N(C)C)CCC5)c4cn3)c2c1C#N. The second kappa shape index (κ2) is 10.9. The maximum absolute atomic E-state index is 14.9. The fraction of sp³-hybridized carbons (Fsp3) is 0.500. The number of hydrogen-bond acceptors (Lipinski definition) is 10. The molecule has 9 nitrogen and oxygen atoms in total. The molecule has 46 heavy (non-hydrogen) atoms. The van der Waals surface area contributed by atoms with Gasteiger partial charge in [-0.25, -0.2) is 8.78 Å². The van der Waals surface area contributed by atoms with E-state index in [-0.39, 0.29) is 43.2 Å². The first-order valence-electron chi connectivity index (χ1n) is 16.0. The first-order chi connectivity index (χ1) is 22.2. The van der Waals surface area contributed by atoms with Gasteiger partial charge < -0.3 is 19.9 Å². The number of likely N-dealkylation sites (N-methyl/N-ethyl adjacent to an activating group) is 1. The third-order valence-corrected chi connectivity index (χ3v) is 11.9. The van der Waals surface area contributed by atoms with Crippen LogP contribution in [0.15, 0.2) is 23.3 Å². The number of anilines is 1. The molecule has 3 aromatic heterocycles. The molecule has 4 heterocycles. The predicted octanol–water partition coefficient (Wildman–Crippen LogP) is 6.40. The number of piperidine rings is 1. The summed E-state index contributed by atoms with van der Waals surface area (Å²) >= 11 is 0.896. The number of nitrogens with zero attached hydrogens (tertiary/aromatic N) is 7. The van der Waals surface area contributed by atoms with Crippen LogP contribution in [0.4, 0.5) is 19.6 Å². The molecule has 8 rings (SSSR count). The van der Waals surface area contributed by atoms with Crippen molar-refractivity contribution < 1.29 is 13.5 Å². The Labute approximate surface area is 270 Å². The van der Waals surface area contributed by atoms with Crippen molar-refractivity contribution in [2.24, 2.45) is 22.2 Å². The van der Waals surface area contributed by atoms with Crippen LogP contribution in [0.1, 0.15) is 44.1 Å². The zero-order chi connectivity index (χ0) is 31.8. The number of ether oxygens (including phenoxy) is 1. The average Bonchev–Trinajstić information content (AvgIpc) is 3.88. The third kappa shape index (κ3) is 5.00. The molecule has 238 valence electrons. The van der Waals surface area contributed by atoms with Crippen LogP contribution in [0.25, 0.3) is 32.2 Å². The van der Waals surface area contributed by atoms with Crippen LogP contribution >= 0.6 is 11.3 Å². The van der Waals surface area contributed by atoms with E-state index in [1.807, 2.05) is 0 Å². The molecule has 1 aromatic carbocycles. The highest BCUT2D eigenvalue weighted by atomic mass is 32.1. The highest BCUT2D eigenvalue weighted by Crippen LogP contribution is 2.51. The predicted molar refractivity (Wildman–Crippen MR) is 176 cm³/mol. The van der Waals surface area contributed by atoms with E-state index in [9.17, 15) is 14.0 Å². The summed E-state index contributed by atoms with van der Waals surface area (Å²) in [5, 5.41) is 14.7. The molecule has 3 saturated carbocycles.